The molecule has 0 heterocycles. The Bertz CT molecular complexity index is 632. The molecule has 4 N–H and O–H groups in total. The van der Waals surface area contributed by atoms with E-state index in [1.807, 2.05) is 0 Å². The minimum Gasteiger partial charge on any atom is -0.462 e. The molecule has 11 nitrogen and oxygen atoms in total. The van der Waals surface area contributed by atoms with Gasteiger partial charge in [-0.1, -0.05) is 84.5 Å². The molecule has 0 spiro atoms. The van der Waals surface area contributed by atoms with Gasteiger partial charge < -0.3 is 29.7 Å². The molecule has 0 aromatic carbocycles. The molecule has 0 amide bonds. The van der Waals surface area contributed by atoms with Crippen LogP contribution in [0.2, 0.25) is 0 Å². The lowest BCUT2D eigenvalue weighted by Crippen LogP contribution is -2.34. The van der Waals surface area contributed by atoms with Crippen LogP contribution >= 0.6 is 7.82 Å². The fraction of sp³-hybridized carbons (Fsp3) is 0.920. The van der Waals surface area contributed by atoms with Crippen molar-refractivity contribution in [2.24, 2.45) is 0 Å². The van der Waals surface area contributed by atoms with E-state index in [1.54, 1.807) is 0 Å². The highest BCUT2D eigenvalue weighted by Gasteiger charge is 2.28. The highest BCUT2D eigenvalue weighted by atomic mass is 31.2. The van der Waals surface area contributed by atoms with Gasteiger partial charge in [0.1, 0.15) is 12.7 Å². The fourth-order valence-electron chi connectivity index (χ4n) is 3.35. The average Bonchev–Trinajstić information content (AvgIpc) is 2.87. The third-order valence-electron chi connectivity index (χ3n) is 5.62. The molecule has 1 unspecified atom stereocenters. The highest BCUT2D eigenvalue weighted by molar-refractivity contribution is 7.47. The number of hydrogen-bond acceptors (Lipinski definition) is 10. The number of phosphoric acid groups is 1. The molecule has 37 heavy (non-hydrogen) atoms. The molecule has 0 aromatic rings. The summed E-state index contributed by atoms with van der Waals surface area (Å²) in [6.45, 7) is 1.83. The summed E-state index contributed by atoms with van der Waals surface area (Å²) in [4.78, 5) is 34.2. The van der Waals surface area contributed by atoms with Crippen molar-refractivity contribution in [2.45, 2.75) is 122 Å². The maximum Gasteiger partial charge on any atom is 0.472 e. The van der Waals surface area contributed by atoms with Crippen molar-refractivity contribution in [3.63, 3.8) is 0 Å². The van der Waals surface area contributed by atoms with E-state index in [4.69, 9.17) is 19.1 Å². The lowest BCUT2D eigenvalue weighted by molar-refractivity contribution is -0.168. The fourth-order valence-corrected chi connectivity index (χ4v) is 4.14. The molecule has 220 valence electrons. The van der Waals surface area contributed by atoms with Crippen molar-refractivity contribution in [1.82, 2.24) is 0 Å². The number of carbonyl (C=O) groups excluding carboxylic acids is 2. The van der Waals surface area contributed by atoms with Crippen molar-refractivity contribution in [2.75, 3.05) is 26.4 Å². The van der Waals surface area contributed by atoms with Crippen molar-refractivity contribution in [3.8, 4) is 0 Å². The molecule has 0 rings (SSSR count). The van der Waals surface area contributed by atoms with E-state index in [2.05, 4.69) is 18.4 Å². The molecule has 0 saturated heterocycles. The topological polar surface area (TPSA) is 169 Å². The number of esters is 2. The Morgan fingerprint density at radius 2 is 1.32 bits per heavy atom. The van der Waals surface area contributed by atoms with E-state index in [9.17, 15) is 29.3 Å². The van der Waals surface area contributed by atoms with Gasteiger partial charge in [0.25, 0.3) is 0 Å². The van der Waals surface area contributed by atoms with Gasteiger partial charge in [0, 0.05) is 6.42 Å². The third-order valence-corrected chi connectivity index (χ3v) is 6.57. The first kappa shape index (κ1) is 35.9. The van der Waals surface area contributed by atoms with Gasteiger partial charge >= 0.3 is 19.8 Å². The number of aliphatic hydroxyl groups excluding tert-OH is 3. The summed E-state index contributed by atoms with van der Waals surface area (Å²) >= 11 is 0. The summed E-state index contributed by atoms with van der Waals surface area (Å²) in [5, 5.41) is 28.2. The lowest BCUT2D eigenvalue weighted by Gasteiger charge is -2.21. The van der Waals surface area contributed by atoms with Crippen LogP contribution in [-0.4, -0.2) is 76.9 Å². The summed E-state index contributed by atoms with van der Waals surface area (Å²) in [7, 11) is -4.66. The van der Waals surface area contributed by atoms with Crippen molar-refractivity contribution < 1.29 is 52.9 Å². The van der Waals surface area contributed by atoms with Crippen LogP contribution < -0.4 is 0 Å². The van der Waals surface area contributed by atoms with Gasteiger partial charge in [-0.05, 0) is 12.8 Å². The molecule has 0 aliphatic carbocycles. The highest BCUT2D eigenvalue weighted by Crippen LogP contribution is 2.43. The first-order chi connectivity index (χ1) is 17.6. The van der Waals surface area contributed by atoms with Gasteiger partial charge in [-0.2, -0.15) is 0 Å². The summed E-state index contributed by atoms with van der Waals surface area (Å²) < 4.78 is 31.8. The van der Waals surface area contributed by atoms with Gasteiger partial charge in [-0.3, -0.25) is 13.8 Å². The Morgan fingerprint density at radius 1 is 0.784 bits per heavy atom. The Labute approximate surface area is 221 Å². The number of hydrogen-bond donors (Lipinski definition) is 4. The van der Waals surface area contributed by atoms with Crippen molar-refractivity contribution in [1.29, 1.82) is 0 Å². The van der Waals surface area contributed by atoms with Crippen LogP contribution in [0.3, 0.4) is 0 Å². The predicted octanol–water partition coefficient (Wildman–Crippen LogP) is 3.79. The second kappa shape index (κ2) is 22.9. The number of ether oxygens (including phenoxy) is 2. The van der Waals surface area contributed by atoms with Crippen LogP contribution in [0.15, 0.2) is 0 Å². The number of unbranched alkanes of at least 4 members (excludes halogenated alkanes) is 10. The largest absolute Gasteiger partial charge is 0.472 e. The van der Waals surface area contributed by atoms with Crippen LogP contribution in [0.25, 0.3) is 0 Å². The standard InChI is InChI=1S/C25H49O11P/c1-3-5-7-9-10-12-14-16-24(29)33-19-22(20-35-37(31,32)34-18-21(27)17-26)36-25(30)23(28)15-13-11-8-6-4-2/h21-23,26-28H,3-20H2,1-2H3,(H,31,32)/t21-,22+,23+/m0/s1. The van der Waals surface area contributed by atoms with Crippen LogP contribution in [0.4, 0.5) is 0 Å². The average molecular weight is 557 g/mol. The van der Waals surface area contributed by atoms with Gasteiger partial charge in [0.15, 0.2) is 12.2 Å². The minimum absolute atomic E-state index is 0.191. The molecular formula is C25H49O11P. The molecule has 0 fully saturated rings. The molecule has 0 aromatic heterocycles. The zero-order valence-electron chi connectivity index (χ0n) is 22.6. The summed E-state index contributed by atoms with van der Waals surface area (Å²) in [6, 6.07) is 0. The zero-order chi connectivity index (χ0) is 27.9. The van der Waals surface area contributed by atoms with Gasteiger partial charge in [0.05, 0.1) is 19.8 Å². The van der Waals surface area contributed by atoms with E-state index in [-0.39, 0.29) is 12.8 Å². The molecular weight excluding hydrogens is 507 g/mol. The van der Waals surface area contributed by atoms with Crippen LogP contribution in [0.1, 0.15) is 104 Å². The van der Waals surface area contributed by atoms with E-state index < -0.39 is 64.5 Å². The molecule has 0 saturated carbocycles. The molecule has 0 aliphatic heterocycles. The van der Waals surface area contributed by atoms with Crippen LogP contribution in [0, 0.1) is 0 Å². The monoisotopic (exact) mass is 556 g/mol. The Hall–Kier alpha value is -1.07. The first-order valence-electron chi connectivity index (χ1n) is 13.6. The smallest absolute Gasteiger partial charge is 0.462 e. The van der Waals surface area contributed by atoms with Crippen molar-refractivity contribution in [3.05, 3.63) is 0 Å². The summed E-state index contributed by atoms with van der Waals surface area (Å²) in [5.74, 6) is -1.45. The summed E-state index contributed by atoms with van der Waals surface area (Å²) in [6.07, 6.45) is 8.28. The molecule has 0 bridgehead atoms. The second-order valence-corrected chi connectivity index (χ2v) is 10.7. The third kappa shape index (κ3) is 21.5. The molecule has 0 radical (unpaired) electrons. The Kier molecular flexibility index (Phi) is 22.2. The SMILES string of the molecule is CCCCCCCCCC(=O)OC[C@H](COP(=O)(O)OC[C@@H](O)CO)OC(=O)[C@H](O)CCCCCCC. The molecule has 12 heteroatoms. The Morgan fingerprint density at radius 3 is 1.92 bits per heavy atom. The minimum atomic E-state index is -4.66. The van der Waals surface area contributed by atoms with E-state index in [0.29, 0.717) is 12.8 Å². The zero-order valence-corrected chi connectivity index (χ0v) is 23.4. The van der Waals surface area contributed by atoms with Gasteiger partial charge in [0.2, 0.25) is 0 Å². The predicted molar refractivity (Wildman–Crippen MR) is 138 cm³/mol. The van der Waals surface area contributed by atoms with Crippen molar-refractivity contribution >= 4 is 19.8 Å². The first-order valence-corrected chi connectivity index (χ1v) is 15.1. The molecule has 0 aliphatic rings. The molecule has 4 atom stereocenters. The number of carbonyl (C=O) groups is 2. The van der Waals surface area contributed by atoms with E-state index in [1.165, 1.54) is 19.3 Å². The quantitative estimate of drug-likeness (QED) is 0.0733. The lowest BCUT2D eigenvalue weighted by atomic mass is 10.1. The van der Waals surface area contributed by atoms with E-state index in [0.717, 1.165) is 44.9 Å². The second-order valence-electron chi connectivity index (χ2n) is 9.23. The number of rotatable bonds is 25. The Balaban J connectivity index is 4.70. The normalized spacial score (nSPS) is 15.5. The van der Waals surface area contributed by atoms with Gasteiger partial charge in [-0.25, -0.2) is 9.36 Å². The number of aliphatic hydroxyl groups is 3. The van der Waals surface area contributed by atoms with Crippen LogP contribution in [0.5, 0.6) is 0 Å². The van der Waals surface area contributed by atoms with Gasteiger partial charge in [-0.15, -0.1) is 0 Å². The number of phosphoric ester groups is 1. The summed E-state index contributed by atoms with van der Waals surface area (Å²) in [5.41, 5.74) is 0. The van der Waals surface area contributed by atoms with E-state index >= 15 is 0 Å². The van der Waals surface area contributed by atoms with Crippen LogP contribution in [-0.2, 0) is 32.7 Å². The maximum atomic E-state index is 12.3. The maximum absolute atomic E-state index is 12.3.